The van der Waals surface area contributed by atoms with Gasteiger partial charge in [0.05, 0.1) is 11.5 Å². The third kappa shape index (κ3) is 4.55. The average molecular weight is 395 g/mol. The van der Waals surface area contributed by atoms with Crippen LogP contribution in [0.4, 0.5) is 0 Å². The Bertz CT molecular complexity index is 644. The molecule has 0 unspecified atom stereocenters. The second-order valence-corrected chi connectivity index (χ2v) is 12.1. The van der Waals surface area contributed by atoms with Gasteiger partial charge in [-0.1, -0.05) is 32.1 Å². The van der Waals surface area contributed by atoms with Gasteiger partial charge in [0.25, 0.3) is 10.2 Å². The van der Waals surface area contributed by atoms with E-state index in [1.54, 1.807) is 0 Å². The lowest BCUT2D eigenvalue weighted by Crippen LogP contribution is -2.54. The Morgan fingerprint density at radius 1 is 0.920 bits per heavy atom. The van der Waals surface area contributed by atoms with Crippen molar-refractivity contribution in [1.82, 2.24) is 8.61 Å². The fraction of sp³-hybridized carbons (Fsp3) is 1.00. The van der Waals surface area contributed by atoms with Crippen LogP contribution in [0.15, 0.2) is 0 Å². The Hall–Kier alpha value is -0.220. The zero-order chi connectivity index (χ0) is 18.1. The van der Waals surface area contributed by atoms with Gasteiger partial charge in [-0.15, -0.1) is 0 Å². The fourth-order valence-corrected chi connectivity index (χ4v) is 7.74. The van der Waals surface area contributed by atoms with Crippen LogP contribution in [0.5, 0.6) is 0 Å². The summed E-state index contributed by atoms with van der Waals surface area (Å²) in [6, 6.07) is 0. The van der Waals surface area contributed by atoms with Crippen LogP contribution < -0.4 is 0 Å². The number of hydrogen-bond donors (Lipinski definition) is 1. The average Bonchev–Trinajstić information content (AvgIpc) is 2.61. The van der Waals surface area contributed by atoms with Crippen LogP contribution in [-0.2, 0) is 20.0 Å². The van der Waals surface area contributed by atoms with Gasteiger partial charge in [-0.3, -0.25) is 0 Å². The zero-order valence-electron chi connectivity index (χ0n) is 14.7. The minimum Gasteiger partial charge on any atom is -0.396 e. The van der Waals surface area contributed by atoms with E-state index in [4.69, 9.17) is 0 Å². The molecule has 146 valence electrons. The Balaban J connectivity index is 1.72. The summed E-state index contributed by atoms with van der Waals surface area (Å²) in [5.74, 6) is 0.617. The lowest BCUT2D eigenvalue weighted by atomic mass is 9.75. The molecule has 0 amide bonds. The van der Waals surface area contributed by atoms with Crippen molar-refractivity contribution in [3.8, 4) is 0 Å². The molecule has 2 atom stereocenters. The van der Waals surface area contributed by atoms with E-state index in [-0.39, 0.29) is 37.1 Å². The van der Waals surface area contributed by atoms with Gasteiger partial charge in [-0.05, 0) is 24.2 Å². The molecule has 2 saturated heterocycles. The van der Waals surface area contributed by atoms with E-state index in [0.717, 1.165) is 19.3 Å². The first-order valence-electron chi connectivity index (χ1n) is 9.38. The molecule has 1 saturated carbocycles. The zero-order valence-corrected chi connectivity index (χ0v) is 16.3. The smallest absolute Gasteiger partial charge is 0.282 e. The molecule has 2 heterocycles. The van der Waals surface area contributed by atoms with E-state index >= 15 is 0 Å². The first-order valence-corrected chi connectivity index (χ1v) is 12.6. The molecule has 0 aromatic rings. The molecule has 3 aliphatic rings. The number of rotatable bonds is 4. The van der Waals surface area contributed by atoms with E-state index in [0.29, 0.717) is 24.9 Å². The maximum atomic E-state index is 13.0. The van der Waals surface area contributed by atoms with Gasteiger partial charge in [-0.2, -0.15) is 17.0 Å². The van der Waals surface area contributed by atoms with Crippen LogP contribution in [0.25, 0.3) is 0 Å². The number of sulfone groups is 1. The standard InChI is InChI=1S/C16H30N2O5S2/c19-13-14-10-16(15-4-2-1-3-5-15)12-18(11-14)25(22,23)17-6-8-24(20,21)9-7-17/h14-16,19H,1-13H2/t14-,16+/m1/s1. The summed E-state index contributed by atoms with van der Waals surface area (Å²) in [5.41, 5.74) is 0. The van der Waals surface area contributed by atoms with E-state index in [2.05, 4.69) is 0 Å². The van der Waals surface area contributed by atoms with E-state index in [9.17, 15) is 21.9 Å². The first kappa shape index (κ1) is 19.5. The third-order valence-corrected chi connectivity index (χ3v) is 9.64. The van der Waals surface area contributed by atoms with Gasteiger partial charge < -0.3 is 5.11 Å². The van der Waals surface area contributed by atoms with Crippen molar-refractivity contribution in [2.45, 2.75) is 38.5 Å². The van der Waals surface area contributed by atoms with E-state index in [1.165, 1.54) is 27.9 Å². The first-order chi connectivity index (χ1) is 11.8. The predicted molar refractivity (Wildman–Crippen MR) is 96.0 cm³/mol. The second kappa shape index (κ2) is 7.80. The summed E-state index contributed by atoms with van der Waals surface area (Å²) < 4.78 is 52.0. The molecule has 0 aromatic heterocycles. The van der Waals surface area contributed by atoms with Gasteiger partial charge in [0, 0.05) is 32.8 Å². The van der Waals surface area contributed by atoms with Crippen LogP contribution in [0.1, 0.15) is 38.5 Å². The second-order valence-electron chi connectivity index (χ2n) is 7.82. The summed E-state index contributed by atoms with van der Waals surface area (Å²) in [6.07, 6.45) is 6.87. The molecule has 25 heavy (non-hydrogen) atoms. The molecule has 0 aromatic carbocycles. The Morgan fingerprint density at radius 3 is 2.16 bits per heavy atom. The van der Waals surface area contributed by atoms with Crippen molar-refractivity contribution in [3.05, 3.63) is 0 Å². The molecule has 2 aliphatic heterocycles. The molecule has 1 aliphatic carbocycles. The normalized spacial score (nSPS) is 33.3. The van der Waals surface area contributed by atoms with Gasteiger partial charge in [0.1, 0.15) is 0 Å². The van der Waals surface area contributed by atoms with Crippen LogP contribution >= 0.6 is 0 Å². The molecular weight excluding hydrogens is 364 g/mol. The quantitative estimate of drug-likeness (QED) is 0.748. The summed E-state index contributed by atoms with van der Waals surface area (Å²) in [5, 5.41) is 9.66. The lowest BCUT2D eigenvalue weighted by molar-refractivity contribution is 0.0871. The number of nitrogens with zero attached hydrogens (tertiary/aromatic N) is 2. The number of hydrogen-bond acceptors (Lipinski definition) is 5. The largest absolute Gasteiger partial charge is 0.396 e. The topological polar surface area (TPSA) is 95.0 Å². The highest BCUT2D eigenvalue weighted by Gasteiger charge is 2.41. The number of aliphatic hydroxyl groups is 1. The SMILES string of the molecule is O=S1(=O)CCN(S(=O)(=O)N2C[C@H](CO)C[C@H](C3CCCCC3)C2)CC1. The van der Waals surface area contributed by atoms with Crippen LogP contribution in [0, 0.1) is 17.8 Å². The van der Waals surface area contributed by atoms with E-state index in [1.807, 2.05) is 0 Å². The Kier molecular flexibility index (Phi) is 6.09. The minimum atomic E-state index is -3.66. The molecule has 0 bridgehead atoms. The van der Waals surface area contributed by atoms with Crippen molar-refractivity contribution in [2.24, 2.45) is 17.8 Å². The predicted octanol–water partition coefficient (Wildman–Crippen LogP) is 0.472. The molecule has 0 spiro atoms. The molecule has 3 rings (SSSR count). The molecular formula is C16H30N2O5S2. The molecule has 1 N–H and O–H groups in total. The van der Waals surface area contributed by atoms with Crippen LogP contribution in [0.2, 0.25) is 0 Å². The van der Waals surface area contributed by atoms with Crippen molar-refractivity contribution >= 4 is 20.0 Å². The van der Waals surface area contributed by atoms with Crippen molar-refractivity contribution in [2.75, 3.05) is 44.3 Å². The Labute approximate surface area is 151 Å². The maximum Gasteiger partial charge on any atom is 0.282 e. The summed E-state index contributed by atoms with van der Waals surface area (Å²) in [4.78, 5) is 0. The molecule has 9 heteroatoms. The van der Waals surface area contributed by atoms with Crippen LogP contribution in [-0.4, -0.2) is 74.8 Å². The Morgan fingerprint density at radius 2 is 1.56 bits per heavy atom. The van der Waals surface area contributed by atoms with Gasteiger partial charge >= 0.3 is 0 Å². The summed E-state index contributed by atoms with van der Waals surface area (Å²) in [7, 11) is -6.77. The van der Waals surface area contributed by atoms with Crippen molar-refractivity contribution in [3.63, 3.8) is 0 Å². The lowest BCUT2D eigenvalue weighted by Gasteiger charge is -2.42. The number of aliphatic hydroxyl groups excluding tert-OH is 1. The van der Waals surface area contributed by atoms with Gasteiger partial charge in [-0.25, -0.2) is 8.42 Å². The summed E-state index contributed by atoms with van der Waals surface area (Å²) >= 11 is 0. The minimum absolute atomic E-state index is 0.00359. The highest BCUT2D eigenvalue weighted by molar-refractivity contribution is 7.91. The van der Waals surface area contributed by atoms with E-state index < -0.39 is 20.0 Å². The highest BCUT2D eigenvalue weighted by atomic mass is 32.2. The summed E-state index contributed by atoms with van der Waals surface area (Å²) in [6.45, 7) is 0.930. The third-order valence-electron chi connectivity index (χ3n) is 6.07. The van der Waals surface area contributed by atoms with Crippen molar-refractivity contribution in [1.29, 1.82) is 0 Å². The van der Waals surface area contributed by atoms with Gasteiger partial charge in [0.15, 0.2) is 9.84 Å². The number of piperidine rings is 1. The fourth-order valence-electron chi connectivity index (χ4n) is 4.56. The molecule has 3 fully saturated rings. The molecule has 7 nitrogen and oxygen atoms in total. The van der Waals surface area contributed by atoms with Crippen LogP contribution in [0.3, 0.4) is 0 Å². The highest BCUT2D eigenvalue weighted by Crippen LogP contribution is 2.37. The van der Waals surface area contributed by atoms with Gasteiger partial charge in [0.2, 0.25) is 0 Å². The maximum absolute atomic E-state index is 13.0. The monoisotopic (exact) mass is 394 g/mol. The van der Waals surface area contributed by atoms with Crippen molar-refractivity contribution < 1.29 is 21.9 Å². The molecule has 0 radical (unpaired) electrons.